The molecule has 0 aliphatic carbocycles. The third-order valence-corrected chi connectivity index (χ3v) is 1.57. The van der Waals surface area contributed by atoms with Gasteiger partial charge in [-0.25, -0.2) is 9.97 Å². The summed E-state index contributed by atoms with van der Waals surface area (Å²) in [7, 11) is 0. The van der Waals surface area contributed by atoms with E-state index in [0.29, 0.717) is 0 Å². The van der Waals surface area contributed by atoms with Crippen LogP contribution in [-0.2, 0) is 10.7 Å². The van der Waals surface area contributed by atoms with Crippen molar-refractivity contribution in [1.29, 1.82) is 0 Å². The summed E-state index contributed by atoms with van der Waals surface area (Å²) in [5.41, 5.74) is -0.463. The van der Waals surface area contributed by atoms with Crippen molar-refractivity contribution < 1.29 is 13.6 Å². The molecule has 2 heterocycles. The molecule has 0 radical (unpaired) electrons. The number of alkyl halides is 2. The fraction of sp³-hybridized carbons (Fsp3) is 0.167. The lowest BCUT2D eigenvalue weighted by Crippen LogP contribution is -2.23. The Kier molecular flexibility index (Phi) is 1.16. The molecule has 1 aliphatic heterocycles. The first-order valence-corrected chi connectivity index (χ1v) is 3.12. The Labute approximate surface area is 65.6 Å². The van der Waals surface area contributed by atoms with Crippen molar-refractivity contribution in [2.45, 2.75) is 5.92 Å². The highest BCUT2D eigenvalue weighted by atomic mass is 19.3. The van der Waals surface area contributed by atoms with Crippen LogP contribution in [0.1, 0.15) is 5.56 Å². The quantitative estimate of drug-likeness (QED) is 0.619. The molecule has 1 aromatic heterocycles. The second kappa shape index (κ2) is 1.96. The van der Waals surface area contributed by atoms with E-state index in [1.165, 1.54) is 0 Å². The van der Waals surface area contributed by atoms with E-state index < -0.39 is 17.4 Å². The number of nitrogens with one attached hydrogen (secondary N) is 1. The predicted octanol–water partition coefficient (Wildman–Crippen LogP) is 0.520. The summed E-state index contributed by atoms with van der Waals surface area (Å²) in [5.74, 6) is -4.95. The van der Waals surface area contributed by atoms with Gasteiger partial charge in [-0.15, -0.1) is 0 Å². The van der Waals surface area contributed by atoms with Gasteiger partial charge in [0.05, 0.1) is 5.56 Å². The van der Waals surface area contributed by atoms with Gasteiger partial charge >= 0.3 is 11.8 Å². The standard InChI is InChI=1S/C6H3F2N3O/c7-6(8)3-1-9-2-10-4(3)11-5(6)12/h1-2H,(H,9,10,11,12). The fourth-order valence-electron chi connectivity index (χ4n) is 0.967. The predicted molar refractivity (Wildman–Crippen MR) is 34.6 cm³/mol. The second-order valence-electron chi connectivity index (χ2n) is 2.31. The minimum atomic E-state index is -3.49. The van der Waals surface area contributed by atoms with Crippen LogP contribution in [0.2, 0.25) is 0 Å². The van der Waals surface area contributed by atoms with E-state index in [1.807, 2.05) is 5.32 Å². The van der Waals surface area contributed by atoms with Crippen molar-refractivity contribution in [3.05, 3.63) is 18.1 Å². The van der Waals surface area contributed by atoms with Crippen LogP contribution in [0, 0.1) is 0 Å². The summed E-state index contributed by atoms with van der Waals surface area (Å²) < 4.78 is 25.7. The molecule has 1 aromatic rings. The highest BCUT2D eigenvalue weighted by Gasteiger charge is 2.49. The maximum atomic E-state index is 12.8. The van der Waals surface area contributed by atoms with Crippen molar-refractivity contribution in [1.82, 2.24) is 9.97 Å². The Bertz CT molecular complexity index is 352. The summed E-state index contributed by atoms with van der Waals surface area (Å²) in [6, 6.07) is 0. The average Bonchev–Trinajstić information content (AvgIpc) is 2.25. The summed E-state index contributed by atoms with van der Waals surface area (Å²) in [6.45, 7) is 0. The van der Waals surface area contributed by atoms with Crippen LogP contribution in [0.15, 0.2) is 12.5 Å². The summed E-state index contributed by atoms with van der Waals surface area (Å²) in [6.07, 6.45) is 2.03. The van der Waals surface area contributed by atoms with Gasteiger partial charge < -0.3 is 5.32 Å². The molecule has 1 N–H and O–H groups in total. The first kappa shape index (κ1) is 7.08. The van der Waals surface area contributed by atoms with Crippen LogP contribution in [0.5, 0.6) is 0 Å². The second-order valence-corrected chi connectivity index (χ2v) is 2.31. The van der Waals surface area contributed by atoms with Gasteiger partial charge in [-0.3, -0.25) is 4.79 Å². The zero-order valence-corrected chi connectivity index (χ0v) is 5.71. The van der Waals surface area contributed by atoms with Gasteiger partial charge in [0.1, 0.15) is 12.1 Å². The lowest BCUT2D eigenvalue weighted by molar-refractivity contribution is -0.139. The largest absolute Gasteiger partial charge is 0.355 e. The normalized spacial score (nSPS) is 18.7. The van der Waals surface area contributed by atoms with Crippen molar-refractivity contribution in [3.8, 4) is 0 Å². The monoisotopic (exact) mass is 171 g/mol. The number of carbonyl (C=O) groups is 1. The molecule has 0 atom stereocenters. The SMILES string of the molecule is O=C1Nc2ncncc2C1(F)F. The van der Waals surface area contributed by atoms with Crippen LogP contribution in [-0.4, -0.2) is 15.9 Å². The zero-order valence-electron chi connectivity index (χ0n) is 5.71. The lowest BCUT2D eigenvalue weighted by Gasteiger charge is -2.03. The highest BCUT2D eigenvalue weighted by molar-refractivity contribution is 6.02. The minimum Gasteiger partial charge on any atom is -0.305 e. The molecular weight excluding hydrogens is 168 g/mol. The Morgan fingerprint density at radius 3 is 2.92 bits per heavy atom. The number of nitrogens with zero attached hydrogens (tertiary/aromatic N) is 2. The van der Waals surface area contributed by atoms with Crippen LogP contribution in [0.3, 0.4) is 0 Å². The Hall–Kier alpha value is -1.59. The molecule has 1 amide bonds. The van der Waals surface area contributed by atoms with Gasteiger partial charge in [-0.05, 0) is 0 Å². The van der Waals surface area contributed by atoms with E-state index >= 15 is 0 Å². The topological polar surface area (TPSA) is 54.9 Å². The van der Waals surface area contributed by atoms with Gasteiger partial charge in [-0.2, -0.15) is 8.78 Å². The van der Waals surface area contributed by atoms with Crippen molar-refractivity contribution in [3.63, 3.8) is 0 Å². The van der Waals surface area contributed by atoms with Gasteiger partial charge in [0.2, 0.25) is 0 Å². The molecule has 6 heteroatoms. The van der Waals surface area contributed by atoms with E-state index in [4.69, 9.17) is 0 Å². The molecule has 0 bridgehead atoms. The van der Waals surface area contributed by atoms with Crippen LogP contribution < -0.4 is 5.32 Å². The third kappa shape index (κ3) is 0.715. The number of amides is 1. The molecule has 12 heavy (non-hydrogen) atoms. The number of hydrogen-bond donors (Lipinski definition) is 1. The average molecular weight is 171 g/mol. The van der Waals surface area contributed by atoms with E-state index in [0.717, 1.165) is 12.5 Å². The van der Waals surface area contributed by atoms with Crippen LogP contribution >= 0.6 is 0 Å². The maximum Gasteiger partial charge on any atom is 0.355 e. The molecule has 2 rings (SSSR count). The molecule has 1 aliphatic rings. The van der Waals surface area contributed by atoms with E-state index in [1.54, 1.807) is 0 Å². The molecule has 62 valence electrons. The van der Waals surface area contributed by atoms with Gasteiger partial charge in [0.15, 0.2) is 0 Å². The molecule has 0 spiro atoms. The Morgan fingerprint density at radius 2 is 2.25 bits per heavy atom. The number of hydrogen-bond acceptors (Lipinski definition) is 3. The molecule has 0 unspecified atom stereocenters. The van der Waals surface area contributed by atoms with Crippen molar-refractivity contribution in [2.75, 3.05) is 5.32 Å². The summed E-state index contributed by atoms with van der Waals surface area (Å²) >= 11 is 0. The summed E-state index contributed by atoms with van der Waals surface area (Å²) in [5, 5.41) is 1.95. The number of rotatable bonds is 0. The minimum absolute atomic E-state index is 0.111. The fourth-order valence-corrected chi connectivity index (χ4v) is 0.967. The number of anilines is 1. The first-order valence-electron chi connectivity index (χ1n) is 3.12. The molecule has 0 aromatic carbocycles. The number of carbonyl (C=O) groups excluding carboxylic acids is 1. The zero-order chi connectivity index (χ0) is 8.77. The Morgan fingerprint density at radius 1 is 1.50 bits per heavy atom. The first-order chi connectivity index (χ1) is 5.62. The van der Waals surface area contributed by atoms with Crippen LogP contribution in [0.4, 0.5) is 14.6 Å². The number of fused-ring (bicyclic) bond motifs is 1. The molecular formula is C6H3F2N3O. The number of aromatic nitrogens is 2. The highest BCUT2D eigenvalue weighted by Crippen LogP contribution is 2.37. The van der Waals surface area contributed by atoms with E-state index in [2.05, 4.69) is 9.97 Å². The summed E-state index contributed by atoms with van der Waals surface area (Å²) in [4.78, 5) is 17.5. The number of halogens is 2. The van der Waals surface area contributed by atoms with E-state index in [-0.39, 0.29) is 5.82 Å². The van der Waals surface area contributed by atoms with Crippen molar-refractivity contribution in [2.24, 2.45) is 0 Å². The third-order valence-electron chi connectivity index (χ3n) is 1.57. The van der Waals surface area contributed by atoms with Gasteiger partial charge in [0, 0.05) is 6.20 Å². The molecule has 0 fully saturated rings. The smallest absolute Gasteiger partial charge is 0.305 e. The molecule has 0 saturated heterocycles. The van der Waals surface area contributed by atoms with Crippen molar-refractivity contribution >= 4 is 11.7 Å². The Balaban J connectivity index is 2.63. The molecule has 4 nitrogen and oxygen atoms in total. The maximum absolute atomic E-state index is 12.8. The van der Waals surface area contributed by atoms with Gasteiger partial charge in [-0.1, -0.05) is 0 Å². The lowest BCUT2D eigenvalue weighted by atomic mass is 10.2. The van der Waals surface area contributed by atoms with E-state index in [9.17, 15) is 13.6 Å². The molecule has 0 saturated carbocycles. The van der Waals surface area contributed by atoms with Crippen LogP contribution in [0.25, 0.3) is 0 Å². The van der Waals surface area contributed by atoms with Gasteiger partial charge in [0.25, 0.3) is 0 Å².